The van der Waals surface area contributed by atoms with E-state index in [4.69, 9.17) is 0 Å². The molecule has 9 nitrogen and oxygen atoms in total. The predicted molar refractivity (Wildman–Crippen MR) is 121 cm³/mol. The van der Waals surface area contributed by atoms with Gasteiger partial charge in [0.2, 0.25) is 0 Å². The smallest absolute Gasteiger partial charge is 0.138 e. The summed E-state index contributed by atoms with van der Waals surface area (Å²) in [6, 6.07) is 1.72. The molecular formula is C21H39N9. The van der Waals surface area contributed by atoms with Crippen LogP contribution < -0.4 is 0 Å². The van der Waals surface area contributed by atoms with Crippen LogP contribution >= 0.6 is 0 Å². The summed E-state index contributed by atoms with van der Waals surface area (Å²) in [6.07, 6.45) is 12.0. The molecule has 0 fully saturated rings. The largest absolute Gasteiger partial charge is 0.241 e. The maximum absolute atomic E-state index is 3.61. The van der Waals surface area contributed by atoms with Crippen molar-refractivity contribution in [2.45, 2.75) is 62.3 Å². The first kappa shape index (κ1) is 31.7. The summed E-state index contributed by atoms with van der Waals surface area (Å²) in [5, 5.41) is 17.0. The molecule has 3 heterocycles. The van der Waals surface area contributed by atoms with Crippen LogP contribution in [-0.2, 0) is 0 Å². The van der Waals surface area contributed by atoms with E-state index < -0.39 is 0 Å². The molecule has 9 heteroatoms. The molecule has 0 spiro atoms. The van der Waals surface area contributed by atoms with Gasteiger partial charge in [-0.2, -0.15) is 5.10 Å². The maximum Gasteiger partial charge on any atom is 0.138 e. The molecule has 0 atom stereocenters. The molecule has 0 radical (unpaired) electrons. The van der Waals surface area contributed by atoms with Gasteiger partial charge in [-0.3, -0.25) is 0 Å². The Morgan fingerprint density at radius 2 is 0.800 bits per heavy atom. The second-order valence-electron chi connectivity index (χ2n) is 7.59. The highest BCUT2D eigenvalue weighted by Gasteiger charge is 1.69. The Morgan fingerprint density at radius 3 is 0.900 bits per heavy atom. The lowest BCUT2D eigenvalue weighted by Gasteiger charge is -1.79. The Morgan fingerprint density at radius 1 is 0.400 bits per heavy atom. The van der Waals surface area contributed by atoms with Crippen molar-refractivity contribution in [2.24, 2.45) is 17.8 Å². The maximum atomic E-state index is 3.61. The van der Waals surface area contributed by atoms with Gasteiger partial charge in [-0.15, -0.1) is 15.3 Å². The van der Waals surface area contributed by atoms with Crippen LogP contribution in [0.15, 0.2) is 56.2 Å². The Kier molecular flexibility index (Phi) is 29.9. The third-order valence-corrected chi connectivity index (χ3v) is 1.21. The standard InChI is InChI=1S/3C4H10.3C3H3N3/c3*1-4(2)3;1-4-2-6-3-5-1;1-2-5-6-3-4-1;1-2-4-6-5-3-1/h3*4H,1-3H3;3*1-3H. The summed E-state index contributed by atoms with van der Waals surface area (Å²) >= 11 is 0. The van der Waals surface area contributed by atoms with Crippen LogP contribution in [0.5, 0.6) is 0 Å². The van der Waals surface area contributed by atoms with Gasteiger partial charge in [-0.05, 0) is 29.0 Å². The first-order chi connectivity index (χ1) is 14.2. The molecule has 3 aromatic heterocycles. The van der Waals surface area contributed by atoms with Crippen molar-refractivity contribution in [3.05, 3.63) is 56.2 Å². The predicted octanol–water partition coefficient (Wildman–Crippen LogP) is 4.60. The summed E-state index contributed by atoms with van der Waals surface area (Å²) < 4.78 is 0. The highest BCUT2D eigenvalue weighted by molar-refractivity contribution is 4.69. The van der Waals surface area contributed by atoms with E-state index in [0.29, 0.717) is 0 Å². The Balaban J connectivity index is -0.000000296. The molecule has 0 saturated carbocycles. The zero-order chi connectivity index (χ0) is 23.5. The van der Waals surface area contributed by atoms with Crippen molar-refractivity contribution in [3.8, 4) is 0 Å². The van der Waals surface area contributed by atoms with Crippen LogP contribution in [0.3, 0.4) is 0 Å². The molecule has 168 valence electrons. The lowest BCUT2D eigenvalue weighted by atomic mass is 10.3. The lowest BCUT2D eigenvalue weighted by molar-refractivity contribution is 0.736. The van der Waals surface area contributed by atoms with Crippen molar-refractivity contribution in [1.82, 2.24) is 45.5 Å². The highest BCUT2D eigenvalue weighted by Crippen LogP contribution is 1.82. The lowest BCUT2D eigenvalue weighted by Crippen LogP contribution is -1.78. The van der Waals surface area contributed by atoms with Crippen LogP contribution in [0.1, 0.15) is 62.3 Å². The van der Waals surface area contributed by atoms with Crippen LogP contribution in [0.25, 0.3) is 0 Å². The van der Waals surface area contributed by atoms with Gasteiger partial charge in [-0.1, -0.05) is 62.3 Å². The van der Waals surface area contributed by atoms with Gasteiger partial charge in [-0.25, -0.2) is 19.9 Å². The average molecular weight is 418 g/mol. The number of aromatic nitrogens is 9. The van der Waals surface area contributed by atoms with Gasteiger partial charge in [0.1, 0.15) is 25.3 Å². The molecule has 0 amide bonds. The molecule has 3 aromatic rings. The average Bonchev–Trinajstić information content (AvgIpc) is 2.72. The summed E-state index contributed by atoms with van der Waals surface area (Å²) in [6.45, 7) is 19.5. The molecular weight excluding hydrogens is 378 g/mol. The van der Waals surface area contributed by atoms with Crippen LogP contribution in [0, 0.1) is 17.8 Å². The van der Waals surface area contributed by atoms with E-state index in [2.05, 4.69) is 108 Å². The fraction of sp³-hybridized carbons (Fsp3) is 0.571. The first-order valence-corrected chi connectivity index (χ1v) is 9.89. The fourth-order valence-corrected chi connectivity index (χ4v) is 0.615. The fourth-order valence-electron chi connectivity index (χ4n) is 0.615. The highest BCUT2D eigenvalue weighted by atomic mass is 15.3. The third kappa shape index (κ3) is 64.0. The van der Waals surface area contributed by atoms with E-state index in [0.717, 1.165) is 17.8 Å². The molecule has 0 unspecified atom stereocenters. The zero-order valence-electron chi connectivity index (χ0n) is 20.0. The second kappa shape index (κ2) is 28.2. The molecule has 0 N–H and O–H groups in total. The molecule has 0 aliphatic heterocycles. The van der Waals surface area contributed by atoms with Gasteiger partial charge in [0.25, 0.3) is 0 Å². The van der Waals surface area contributed by atoms with Crippen LogP contribution in [0.2, 0.25) is 0 Å². The minimum absolute atomic E-state index is 0.833. The second-order valence-corrected chi connectivity index (χ2v) is 7.59. The zero-order valence-corrected chi connectivity index (χ0v) is 20.0. The van der Waals surface area contributed by atoms with E-state index in [1.165, 1.54) is 31.5 Å². The van der Waals surface area contributed by atoms with E-state index in [9.17, 15) is 0 Å². The minimum Gasteiger partial charge on any atom is -0.241 e. The molecule has 0 aliphatic rings. The SMILES string of the molecule is CC(C)C.CC(C)C.CC(C)C.c1cnncn1.c1cnnnc1.c1ncncn1. The minimum atomic E-state index is 0.833. The molecule has 0 saturated heterocycles. The van der Waals surface area contributed by atoms with Crippen LogP contribution in [-0.4, -0.2) is 45.5 Å². The van der Waals surface area contributed by atoms with Crippen molar-refractivity contribution >= 4 is 0 Å². The van der Waals surface area contributed by atoms with E-state index >= 15 is 0 Å². The van der Waals surface area contributed by atoms with E-state index in [-0.39, 0.29) is 0 Å². The van der Waals surface area contributed by atoms with E-state index in [1.807, 2.05) is 0 Å². The molecule has 0 aromatic carbocycles. The van der Waals surface area contributed by atoms with Crippen molar-refractivity contribution in [3.63, 3.8) is 0 Å². The van der Waals surface area contributed by atoms with Gasteiger partial charge in [0.15, 0.2) is 0 Å². The van der Waals surface area contributed by atoms with Crippen molar-refractivity contribution in [2.75, 3.05) is 0 Å². The molecule has 0 bridgehead atoms. The summed E-state index contributed by atoms with van der Waals surface area (Å²) in [4.78, 5) is 14.3. The summed E-state index contributed by atoms with van der Waals surface area (Å²) in [5.74, 6) is 2.50. The number of rotatable bonds is 0. The first-order valence-electron chi connectivity index (χ1n) is 9.89. The molecule has 0 aliphatic carbocycles. The monoisotopic (exact) mass is 417 g/mol. The van der Waals surface area contributed by atoms with Crippen LogP contribution in [0.4, 0.5) is 0 Å². The quantitative estimate of drug-likeness (QED) is 0.517. The Labute approximate surface area is 182 Å². The van der Waals surface area contributed by atoms with Gasteiger partial charge < -0.3 is 0 Å². The number of hydrogen-bond donors (Lipinski definition) is 0. The van der Waals surface area contributed by atoms with Crippen molar-refractivity contribution < 1.29 is 0 Å². The Hall–Kier alpha value is -2.97. The summed E-state index contributed by atoms with van der Waals surface area (Å²) in [5.41, 5.74) is 0. The Bertz CT molecular complexity index is 417. The number of hydrogen-bond acceptors (Lipinski definition) is 9. The normalized spacial score (nSPS) is 8.40. The topological polar surface area (TPSA) is 116 Å². The van der Waals surface area contributed by atoms with E-state index in [1.54, 1.807) is 24.7 Å². The number of nitrogens with zero attached hydrogens (tertiary/aromatic N) is 9. The van der Waals surface area contributed by atoms with Gasteiger partial charge in [0, 0.05) is 6.20 Å². The van der Waals surface area contributed by atoms with Crippen molar-refractivity contribution in [1.29, 1.82) is 0 Å². The molecule has 3 rings (SSSR count). The third-order valence-electron chi connectivity index (χ3n) is 1.21. The summed E-state index contributed by atoms with van der Waals surface area (Å²) in [7, 11) is 0. The van der Waals surface area contributed by atoms with Gasteiger partial charge in [0.05, 0.1) is 18.6 Å². The molecule has 30 heavy (non-hydrogen) atoms. The van der Waals surface area contributed by atoms with Gasteiger partial charge >= 0.3 is 0 Å².